The van der Waals surface area contributed by atoms with E-state index in [1.807, 2.05) is 65.6 Å². The molecule has 0 N–H and O–H groups in total. The summed E-state index contributed by atoms with van der Waals surface area (Å²) in [4.78, 5) is 38.8. The number of aromatic nitrogens is 1. The second-order valence-corrected chi connectivity index (χ2v) is 10.3. The molecule has 3 heterocycles. The molecule has 2 amide bonds. The Morgan fingerprint density at radius 3 is 2.29 bits per heavy atom. The molecule has 1 saturated heterocycles. The summed E-state index contributed by atoms with van der Waals surface area (Å²) in [5, 5.41) is 0. The average Bonchev–Trinajstić information content (AvgIpc) is 3.03. The maximum Gasteiger partial charge on any atom is 0.255 e. The molecule has 1 fully saturated rings. The third-order valence-electron chi connectivity index (χ3n) is 7.99. The number of pyridine rings is 1. The van der Waals surface area contributed by atoms with Crippen LogP contribution < -0.4 is 9.64 Å². The number of benzene rings is 3. The van der Waals surface area contributed by atoms with Crippen LogP contribution in [0.1, 0.15) is 39.0 Å². The Bertz CT molecular complexity index is 1520. The Balaban J connectivity index is 1.38. The summed E-state index contributed by atoms with van der Waals surface area (Å²) in [5.74, 6) is 0.461. The highest BCUT2D eigenvalue weighted by molar-refractivity contribution is 6.01. The van der Waals surface area contributed by atoms with Crippen molar-refractivity contribution in [3.63, 3.8) is 0 Å². The zero-order chi connectivity index (χ0) is 28.3. The highest BCUT2D eigenvalue weighted by atomic mass is 19.1. The molecule has 2 unspecified atom stereocenters. The molecule has 2 aliphatic rings. The van der Waals surface area contributed by atoms with Gasteiger partial charge in [-0.3, -0.25) is 9.59 Å². The fourth-order valence-electron chi connectivity index (χ4n) is 5.89. The largest absolute Gasteiger partial charge is 0.497 e. The van der Waals surface area contributed by atoms with E-state index in [9.17, 15) is 14.0 Å². The van der Waals surface area contributed by atoms with Crippen molar-refractivity contribution in [3.8, 4) is 5.75 Å². The van der Waals surface area contributed by atoms with E-state index in [0.29, 0.717) is 37.5 Å². The molecule has 1 aromatic heterocycles. The van der Waals surface area contributed by atoms with E-state index in [2.05, 4.69) is 9.88 Å². The summed E-state index contributed by atoms with van der Waals surface area (Å²) in [5.41, 5.74) is 2.87. The summed E-state index contributed by atoms with van der Waals surface area (Å²) in [6.45, 7) is 2.68. The summed E-state index contributed by atoms with van der Waals surface area (Å²) in [6.07, 6.45) is 1.78. The molecule has 3 aromatic carbocycles. The first-order valence-corrected chi connectivity index (χ1v) is 13.8. The first kappa shape index (κ1) is 26.5. The van der Waals surface area contributed by atoms with Gasteiger partial charge in [-0.25, -0.2) is 9.37 Å². The number of carbonyl (C=O) groups is 2. The van der Waals surface area contributed by atoms with Gasteiger partial charge in [0.05, 0.1) is 19.1 Å². The van der Waals surface area contributed by atoms with Gasteiger partial charge in [0.1, 0.15) is 17.4 Å². The molecule has 0 radical (unpaired) electrons. The lowest BCUT2D eigenvalue weighted by Gasteiger charge is -2.44. The number of amides is 2. The first-order chi connectivity index (χ1) is 20.0. The maximum atomic E-state index is 14.5. The molecule has 8 heteroatoms. The summed E-state index contributed by atoms with van der Waals surface area (Å²) in [7, 11) is 1.60. The Labute approximate surface area is 238 Å². The molecule has 4 aromatic rings. The van der Waals surface area contributed by atoms with Crippen molar-refractivity contribution in [2.24, 2.45) is 0 Å². The fourth-order valence-corrected chi connectivity index (χ4v) is 5.89. The minimum atomic E-state index is -0.612. The van der Waals surface area contributed by atoms with Crippen LogP contribution in [0.2, 0.25) is 0 Å². The standard InChI is InChI=1S/C33H31FN4O3/c1-41-26-15-11-24(12-16-26)31-30(33(40)37-20-18-36(19-21-37)29-8-4-5-17-35-29)27-6-2-3-7-28(27)32(39)38(31)22-23-9-13-25(34)14-10-23/h2-17,30-31H,18-22H2,1H3. The number of hydrogen-bond donors (Lipinski definition) is 0. The maximum absolute atomic E-state index is 14.5. The molecule has 0 saturated carbocycles. The molecule has 6 rings (SSSR count). The molecule has 0 bridgehead atoms. The summed E-state index contributed by atoms with van der Waals surface area (Å²) in [6, 6.07) is 26.4. The van der Waals surface area contributed by atoms with Gasteiger partial charge in [0.25, 0.3) is 5.91 Å². The topological polar surface area (TPSA) is 66.0 Å². The van der Waals surface area contributed by atoms with Crippen molar-refractivity contribution >= 4 is 17.6 Å². The van der Waals surface area contributed by atoms with Crippen LogP contribution in [0.3, 0.4) is 0 Å². The highest BCUT2D eigenvalue weighted by Crippen LogP contribution is 2.45. The number of fused-ring (bicyclic) bond motifs is 1. The van der Waals surface area contributed by atoms with E-state index < -0.39 is 12.0 Å². The van der Waals surface area contributed by atoms with Gasteiger partial charge in [0, 0.05) is 44.5 Å². The molecular formula is C33H31FN4O3. The Morgan fingerprint density at radius 1 is 0.902 bits per heavy atom. The number of rotatable bonds is 6. The number of methoxy groups -OCH3 is 1. The van der Waals surface area contributed by atoms with Gasteiger partial charge in [-0.1, -0.05) is 48.5 Å². The number of anilines is 1. The van der Waals surface area contributed by atoms with E-state index in [1.165, 1.54) is 12.1 Å². The molecule has 41 heavy (non-hydrogen) atoms. The average molecular weight is 551 g/mol. The van der Waals surface area contributed by atoms with E-state index in [-0.39, 0.29) is 24.2 Å². The zero-order valence-electron chi connectivity index (χ0n) is 22.8. The van der Waals surface area contributed by atoms with Crippen LogP contribution in [-0.2, 0) is 11.3 Å². The van der Waals surface area contributed by atoms with Crippen molar-refractivity contribution in [1.29, 1.82) is 0 Å². The van der Waals surface area contributed by atoms with E-state index in [4.69, 9.17) is 4.74 Å². The molecule has 7 nitrogen and oxygen atoms in total. The first-order valence-electron chi connectivity index (χ1n) is 13.8. The van der Waals surface area contributed by atoms with Gasteiger partial charge in [-0.15, -0.1) is 0 Å². The van der Waals surface area contributed by atoms with Crippen molar-refractivity contribution in [3.05, 3.63) is 125 Å². The molecule has 2 aliphatic heterocycles. The second-order valence-electron chi connectivity index (χ2n) is 10.3. The van der Waals surface area contributed by atoms with Crippen LogP contribution in [0.15, 0.2) is 97.2 Å². The molecular weight excluding hydrogens is 519 g/mol. The fraction of sp³-hybridized carbons (Fsp3) is 0.242. The van der Waals surface area contributed by atoms with Gasteiger partial charge in [0.2, 0.25) is 5.91 Å². The monoisotopic (exact) mass is 550 g/mol. The third-order valence-corrected chi connectivity index (χ3v) is 7.99. The molecule has 2 atom stereocenters. The van der Waals surface area contributed by atoms with Gasteiger partial charge < -0.3 is 19.4 Å². The van der Waals surface area contributed by atoms with Crippen LogP contribution >= 0.6 is 0 Å². The Kier molecular flexibility index (Phi) is 7.37. The lowest BCUT2D eigenvalue weighted by atomic mass is 9.78. The number of halogens is 1. The van der Waals surface area contributed by atoms with Crippen molar-refractivity contribution in [1.82, 2.24) is 14.8 Å². The predicted molar refractivity (Wildman–Crippen MR) is 154 cm³/mol. The van der Waals surface area contributed by atoms with Gasteiger partial charge in [-0.05, 0) is 59.2 Å². The lowest BCUT2D eigenvalue weighted by molar-refractivity contribution is -0.135. The highest BCUT2D eigenvalue weighted by Gasteiger charge is 2.45. The number of piperazine rings is 1. The smallest absolute Gasteiger partial charge is 0.255 e. The van der Waals surface area contributed by atoms with Crippen LogP contribution in [-0.4, -0.2) is 59.9 Å². The van der Waals surface area contributed by atoms with Crippen LogP contribution in [0, 0.1) is 5.82 Å². The summed E-state index contributed by atoms with van der Waals surface area (Å²) < 4.78 is 19.1. The minimum Gasteiger partial charge on any atom is -0.497 e. The second kappa shape index (κ2) is 11.4. The van der Waals surface area contributed by atoms with Crippen LogP contribution in [0.4, 0.5) is 10.2 Å². The Morgan fingerprint density at radius 2 is 1.61 bits per heavy atom. The number of hydrogen-bond acceptors (Lipinski definition) is 5. The van der Waals surface area contributed by atoms with Crippen molar-refractivity contribution in [2.75, 3.05) is 38.2 Å². The lowest BCUT2D eigenvalue weighted by Crippen LogP contribution is -2.53. The normalized spacial score (nSPS) is 18.7. The van der Waals surface area contributed by atoms with E-state index >= 15 is 0 Å². The predicted octanol–water partition coefficient (Wildman–Crippen LogP) is 5.06. The van der Waals surface area contributed by atoms with Crippen molar-refractivity contribution < 1.29 is 18.7 Å². The van der Waals surface area contributed by atoms with Crippen LogP contribution in [0.5, 0.6) is 5.75 Å². The molecule has 0 spiro atoms. The van der Waals surface area contributed by atoms with Gasteiger partial charge in [-0.2, -0.15) is 0 Å². The SMILES string of the molecule is COc1ccc(C2C(C(=O)N3CCN(c4ccccn4)CC3)c3ccccc3C(=O)N2Cc2ccc(F)cc2)cc1. The number of ether oxygens (including phenoxy) is 1. The zero-order valence-corrected chi connectivity index (χ0v) is 22.8. The Hall–Kier alpha value is -4.72. The molecule has 0 aliphatic carbocycles. The summed E-state index contributed by atoms with van der Waals surface area (Å²) >= 11 is 0. The van der Waals surface area contributed by atoms with Gasteiger partial charge >= 0.3 is 0 Å². The quantitative estimate of drug-likeness (QED) is 0.336. The number of nitrogens with zero attached hydrogens (tertiary/aromatic N) is 4. The number of carbonyl (C=O) groups excluding carboxylic acids is 2. The van der Waals surface area contributed by atoms with E-state index in [1.54, 1.807) is 36.4 Å². The minimum absolute atomic E-state index is 0.0180. The molecule has 208 valence electrons. The van der Waals surface area contributed by atoms with E-state index in [0.717, 1.165) is 22.5 Å². The third kappa shape index (κ3) is 5.25. The van der Waals surface area contributed by atoms with Gasteiger partial charge in [0.15, 0.2) is 0 Å². The van der Waals surface area contributed by atoms with Crippen molar-refractivity contribution in [2.45, 2.75) is 18.5 Å². The van der Waals surface area contributed by atoms with Crippen LogP contribution in [0.25, 0.3) is 0 Å².